The molecule has 0 amide bonds. The molecule has 0 radical (unpaired) electrons. The van der Waals surface area contributed by atoms with Crippen LogP contribution in [0.15, 0.2) is 30.6 Å². The Bertz CT molecular complexity index is 852. The third-order valence-corrected chi connectivity index (χ3v) is 4.92. The van der Waals surface area contributed by atoms with Crippen LogP contribution in [-0.4, -0.2) is 49.0 Å². The van der Waals surface area contributed by atoms with Crippen LogP contribution in [0.1, 0.15) is 22.5 Å². The number of aromatic amines is 1. The van der Waals surface area contributed by atoms with Crippen LogP contribution in [0, 0.1) is 19.8 Å². The van der Waals surface area contributed by atoms with Gasteiger partial charge in [-0.1, -0.05) is 6.07 Å². The number of aliphatic hydroxyl groups is 1. The van der Waals surface area contributed by atoms with Crippen molar-refractivity contribution in [3.8, 4) is 0 Å². The second kappa shape index (κ2) is 6.03. The van der Waals surface area contributed by atoms with Crippen LogP contribution in [0.2, 0.25) is 0 Å². The molecule has 0 bridgehead atoms. The number of fused-ring (bicyclic) bond motifs is 1. The van der Waals surface area contributed by atoms with E-state index in [0.717, 1.165) is 30.9 Å². The van der Waals surface area contributed by atoms with Gasteiger partial charge in [0.2, 0.25) is 0 Å². The van der Waals surface area contributed by atoms with Crippen molar-refractivity contribution >= 4 is 5.52 Å². The summed E-state index contributed by atoms with van der Waals surface area (Å²) in [4.78, 5) is 2.32. The Hall–Kier alpha value is -2.18. The van der Waals surface area contributed by atoms with Gasteiger partial charge in [0.1, 0.15) is 0 Å². The Morgan fingerprint density at radius 3 is 3.00 bits per heavy atom. The summed E-state index contributed by atoms with van der Waals surface area (Å²) in [7, 11) is 0. The van der Waals surface area contributed by atoms with Gasteiger partial charge in [-0.2, -0.15) is 10.2 Å². The summed E-state index contributed by atoms with van der Waals surface area (Å²) >= 11 is 0. The van der Waals surface area contributed by atoms with E-state index in [1.54, 1.807) is 0 Å². The van der Waals surface area contributed by atoms with Gasteiger partial charge < -0.3 is 5.11 Å². The maximum Gasteiger partial charge on any atom is 0.0735 e. The first-order valence-electron chi connectivity index (χ1n) is 8.43. The van der Waals surface area contributed by atoms with E-state index in [1.165, 1.54) is 16.6 Å². The van der Waals surface area contributed by atoms with Crippen LogP contribution >= 0.6 is 0 Å². The van der Waals surface area contributed by atoms with E-state index in [9.17, 15) is 5.11 Å². The lowest BCUT2D eigenvalue weighted by atomic mass is 10.0. The van der Waals surface area contributed by atoms with Gasteiger partial charge in [-0.25, -0.2) is 4.52 Å². The van der Waals surface area contributed by atoms with E-state index in [2.05, 4.69) is 39.3 Å². The van der Waals surface area contributed by atoms with Gasteiger partial charge in [0, 0.05) is 43.0 Å². The summed E-state index contributed by atoms with van der Waals surface area (Å²) in [6.45, 7) is 6.53. The van der Waals surface area contributed by atoms with Gasteiger partial charge in [-0.05, 0) is 38.0 Å². The molecule has 4 rings (SSSR count). The maximum absolute atomic E-state index is 10.4. The van der Waals surface area contributed by atoms with Crippen molar-refractivity contribution in [2.75, 3.05) is 13.1 Å². The number of aryl methyl sites for hydroxylation is 2. The van der Waals surface area contributed by atoms with Crippen LogP contribution in [0.25, 0.3) is 5.52 Å². The number of nitrogens with one attached hydrogen (secondary N) is 1. The van der Waals surface area contributed by atoms with Gasteiger partial charge in [-0.15, -0.1) is 0 Å². The van der Waals surface area contributed by atoms with E-state index in [1.807, 2.05) is 29.9 Å². The fourth-order valence-corrected chi connectivity index (χ4v) is 3.77. The molecular formula is C18H23N5O. The summed E-state index contributed by atoms with van der Waals surface area (Å²) < 4.78 is 1.93. The van der Waals surface area contributed by atoms with E-state index in [4.69, 9.17) is 0 Å². The standard InChI is InChI=1S/C18H23N5O/c1-12-4-3-5-23-18(12)15(8-19-23)10-22-9-14(17(24)11-22)7-16-6-13(2)20-21-16/h3-6,8,14,17,24H,7,9-11H2,1-2H3,(H,20,21)/t14-,17+/m1/s1. The molecule has 1 aliphatic rings. The summed E-state index contributed by atoms with van der Waals surface area (Å²) in [6, 6.07) is 6.19. The molecule has 6 nitrogen and oxygen atoms in total. The summed E-state index contributed by atoms with van der Waals surface area (Å²) in [5, 5.41) is 22.1. The van der Waals surface area contributed by atoms with Crippen molar-refractivity contribution in [1.82, 2.24) is 24.7 Å². The molecule has 1 fully saturated rings. The lowest BCUT2D eigenvalue weighted by Gasteiger charge is -2.15. The molecule has 24 heavy (non-hydrogen) atoms. The number of β-amino-alcohol motifs (C(OH)–C–C–N with tert-alkyl or cyclic N) is 1. The molecule has 2 N–H and O–H groups in total. The highest BCUT2D eigenvalue weighted by atomic mass is 16.3. The Balaban J connectivity index is 1.47. The van der Waals surface area contributed by atoms with Gasteiger partial charge in [-0.3, -0.25) is 10.00 Å². The van der Waals surface area contributed by atoms with Crippen molar-refractivity contribution in [3.63, 3.8) is 0 Å². The Kier molecular flexibility index (Phi) is 3.86. The molecule has 0 aliphatic carbocycles. The van der Waals surface area contributed by atoms with Gasteiger partial charge >= 0.3 is 0 Å². The first kappa shape index (κ1) is 15.4. The van der Waals surface area contributed by atoms with Crippen LogP contribution < -0.4 is 0 Å². The van der Waals surface area contributed by atoms with E-state index < -0.39 is 0 Å². The molecule has 6 heteroatoms. The highest BCUT2D eigenvalue weighted by molar-refractivity contribution is 5.59. The molecule has 4 heterocycles. The number of H-pyrrole nitrogens is 1. The summed E-state index contributed by atoms with van der Waals surface area (Å²) in [6.07, 6.45) is 4.44. The normalized spacial score (nSPS) is 21.8. The number of aliphatic hydroxyl groups excluding tert-OH is 1. The molecule has 1 saturated heterocycles. The molecule has 3 aromatic rings. The monoisotopic (exact) mass is 325 g/mol. The quantitative estimate of drug-likeness (QED) is 0.766. The SMILES string of the molecule is Cc1cc(C[C@@H]2CN(Cc3cnn4cccc(C)c34)C[C@@H]2O)n[nH]1. The zero-order valence-electron chi connectivity index (χ0n) is 14.1. The minimum absolute atomic E-state index is 0.232. The molecule has 0 saturated carbocycles. The van der Waals surface area contributed by atoms with Crippen molar-refractivity contribution < 1.29 is 5.11 Å². The van der Waals surface area contributed by atoms with Crippen LogP contribution in [0.5, 0.6) is 0 Å². The number of hydrogen-bond donors (Lipinski definition) is 2. The van der Waals surface area contributed by atoms with Crippen LogP contribution in [0.3, 0.4) is 0 Å². The third kappa shape index (κ3) is 2.83. The second-order valence-corrected chi connectivity index (χ2v) is 6.92. The number of pyridine rings is 1. The average molecular weight is 325 g/mol. The summed E-state index contributed by atoms with van der Waals surface area (Å²) in [5.41, 5.74) is 5.73. The number of aromatic nitrogens is 4. The molecule has 0 spiro atoms. The fourth-order valence-electron chi connectivity index (χ4n) is 3.77. The maximum atomic E-state index is 10.4. The number of nitrogens with zero attached hydrogens (tertiary/aromatic N) is 4. The third-order valence-electron chi connectivity index (χ3n) is 4.92. The predicted octanol–water partition coefficient (Wildman–Crippen LogP) is 1.71. The number of rotatable bonds is 4. The molecule has 1 aliphatic heterocycles. The van der Waals surface area contributed by atoms with Crippen molar-refractivity contribution in [2.45, 2.75) is 32.9 Å². The largest absolute Gasteiger partial charge is 0.391 e. The zero-order valence-corrected chi connectivity index (χ0v) is 14.1. The molecular weight excluding hydrogens is 302 g/mol. The lowest BCUT2D eigenvalue weighted by Crippen LogP contribution is -2.21. The highest BCUT2D eigenvalue weighted by Crippen LogP contribution is 2.24. The van der Waals surface area contributed by atoms with Gasteiger partial charge in [0.05, 0.1) is 23.5 Å². The minimum atomic E-state index is -0.301. The molecule has 0 aromatic carbocycles. The van der Waals surface area contributed by atoms with Crippen molar-refractivity contribution in [2.24, 2.45) is 5.92 Å². The van der Waals surface area contributed by atoms with Crippen molar-refractivity contribution in [1.29, 1.82) is 0 Å². The lowest BCUT2D eigenvalue weighted by molar-refractivity contribution is 0.140. The van der Waals surface area contributed by atoms with Crippen LogP contribution in [0.4, 0.5) is 0 Å². The predicted molar refractivity (Wildman–Crippen MR) is 91.7 cm³/mol. The molecule has 0 unspecified atom stereocenters. The Labute approximate surface area is 141 Å². The summed E-state index contributed by atoms with van der Waals surface area (Å²) in [5.74, 6) is 0.232. The number of hydrogen-bond acceptors (Lipinski definition) is 4. The Morgan fingerprint density at radius 1 is 1.33 bits per heavy atom. The van der Waals surface area contributed by atoms with E-state index >= 15 is 0 Å². The first-order chi connectivity index (χ1) is 11.6. The minimum Gasteiger partial charge on any atom is -0.391 e. The van der Waals surface area contributed by atoms with Crippen molar-refractivity contribution in [3.05, 3.63) is 53.1 Å². The molecule has 126 valence electrons. The van der Waals surface area contributed by atoms with E-state index in [0.29, 0.717) is 6.54 Å². The smallest absolute Gasteiger partial charge is 0.0735 e. The van der Waals surface area contributed by atoms with Crippen LogP contribution in [-0.2, 0) is 13.0 Å². The first-order valence-corrected chi connectivity index (χ1v) is 8.43. The Morgan fingerprint density at radius 2 is 2.21 bits per heavy atom. The average Bonchev–Trinajstić information content (AvgIpc) is 3.22. The highest BCUT2D eigenvalue weighted by Gasteiger charge is 2.32. The molecule has 3 aromatic heterocycles. The zero-order chi connectivity index (χ0) is 16.7. The molecule has 2 atom stereocenters. The van der Waals surface area contributed by atoms with Gasteiger partial charge in [0.25, 0.3) is 0 Å². The van der Waals surface area contributed by atoms with E-state index in [-0.39, 0.29) is 12.0 Å². The topological polar surface area (TPSA) is 69.5 Å². The fraction of sp³-hybridized carbons (Fsp3) is 0.444. The second-order valence-electron chi connectivity index (χ2n) is 6.92. The number of likely N-dealkylation sites (tertiary alicyclic amines) is 1. The van der Waals surface area contributed by atoms with Gasteiger partial charge in [0.15, 0.2) is 0 Å².